The number of aliphatic hydroxyl groups excluding tert-OH is 1. The number of carboxylic acids is 1. The smallest absolute Gasteiger partial charge is 0.331 e. The molecule has 0 aromatic carbocycles. The molecule has 0 aromatic rings. The van der Waals surface area contributed by atoms with Crippen LogP contribution in [0.3, 0.4) is 0 Å². The Hall–Kier alpha value is -2.44. The molecule has 54 heavy (non-hydrogen) atoms. The topological polar surface area (TPSA) is 155 Å². The van der Waals surface area contributed by atoms with Crippen LogP contribution in [0.15, 0.2) is 34.9 Å². The fraction of sp³-hybridized carbons (Fsp3) is 0.756. The van der Waals surface area contributed by atoms with Gasteiger partial charge in [0, 0.05) is 12.5 Å². The van der Waals surface area contributed by atoms with Crippen LogP contribution in [0.4, 0.5) is 0 Å². The maximum Gasteiger partial charge on any atom is 0.331 e. The largest absolute Gasteiger partial charge is 0.478 e. The molecule has 5 aliphatic rings. The zero-order valence-corrected chi connectivity index (χ0v) is 34.1. The van der Waals surface area contributed by atoms with E-state index in [0.717, 1.165) is 24.8 Å². The van der Waals surface area contributed by atoms with Crippen molar-refractivity contribution in [2.75, 3.05) is 18.4 Å². The molecule has 0 amide bonds. The van der Waals surface area contributed by atoms with Crippen molar-refractivity contribution < 1.29 is 53.1 Å². The van der Waals surface area contributed by atoms with Gasteiger partial charge in [0.1, 0.15) is 36.7 Å². The number of ether oxygens (including phenoxy) is 5. The average molecular weight is 798 g/mol. The van der Waals surface area contributed by atoms with E-state index in [4.69, 9.17) is 46.9 Å². The average Bonchev–Trinajstić information content (AvgIpc) is 3.37. The lowest BCUT2D eigenvalue weighted by Gasteiger charge is -2.69. The molecule has 13 atom stereocenters. The van der Waals surface area contributed by atoms with Crippen molar-refractivity contribution in [2.24, 2.45) is 39.9 Å². The van der Waals surface area contributed by atoms with Gasteiger partial charge in [0.25, 0.3) is 0 Å². The number of esters is 3. The Kier molecular flexibility index (Phi) is 13.4. The molecule has 0 spiro atoms. The highest BCUT2D eigenvalue weighted by molar-refractivity contribution is 6.26. The number of hydrogen-bond donors (Lipinski definition) is 2. The molecule has 11 nitrogen and oxygen atoms in total. The van der Waals surface area contributed by atoms with Gasteiger partial charge in [0.05, 0.1) is 12.2 Å². The van der Waals surface area contributed by atoms with E-state index in [1.54, 1.807) is 12.2 Å². The Morgan fingerprint density at radius 2 is 1.69 bits per heavy atom. The van der Waals surface area contributed by atoms with Gasteiger partial charge in [-0.05, 0) is 123 Å². The molecule has 1 aliphatic heterocycles. The number of carbonyl (C=O) groups is 4. The molecule has 4 aliphatic carbocycles. The van der Waals surface area contributed by atoms with E-state index in [2.05, 4.69) is 27.7 Å². The number of carbonyl (C=O) groups excluding carboxylic acids is 3. The van der Waals surface area contributed by atoms with Crippen molar-refractivity contribution in [1.29, 1.82) is 0 Å². The zero-order chi connectivity index (χ0) is 39.7. The van der Waals surface area contributed by atoms with Crippen molar-refractivity contribution >= 4 is 47.1 Å². The molecule has 0 aromatic heterocycles. The number of allylic oxidation sites excluding steroid dienone is 2. The number of fused-ring (bicyclic) bond motifs is 5. The van der Waals surface area contributed by atoms with E-state index >= 15 is 0 Å². The van der Waals surface area contributed by atoms with E-state index in [-0.39, 0.29) is 59.0 Å². The monoisotopic (exact) mass is 796 g/mol. The normalized spacial score (nSPS) is 40.7. The Labute approximate surface area is 329 Å². The quantitative estimate of drug-likeness (QED) is 0.0697. The summed E-state index contributed by atoms with van der Waals surface area (Å²) in [7, 11) is 0. The van der Waals surface area contributed by atoms with Gasteiger partial charge >= 0.3 is 23.9 Å². The molecule has 0 radical (unpaired) electrons. The summed E-state index contributed by atoms with van der Waals surface area (Å²) < 4.78 is 29.4. The number of aliphatic carboxylic acids is 1. The van der Waals surface area contributed by atoms with E-state index in [0.29, 0.717) is 43.3 Å². The molecule has 4 fully saturated rings. The van der Waals surface area contributed by atoms with E-state index < -0.39 is 60.0 Å². The maximum atomic E-state index is 12.9. The third-order valence-corrected chi connectivity index (χ3v) is 14.3. The Balaban J connectivity index is 1.39. The highest BCUT2D eigenvalue weighted by Gasteiger charge is 2.71. The lowest BCUT2D eigenvalue weighted by Crippen LogP contribution is -2.65. The fourth-order valence-corrected chi connectivity index (χ4v) is 11.6. The molecular weight excluding hydrogens is 739 g/mol. The fourth-order valence-electron chi connectivity index (χ4n) is 11.5. The molecule has 302 valence electrons. The summed E-state index contributed by atoms with van der Waals surface area (Å²) in [5, 5.41) is 22.8. The molecule has 2 N–H and O–H groups in total. The first-order chi connectivity index (χ1) is 25.4. The second-order valence-corrected chi connectivity index (χ2v) is 17.6. The maximum absolute atomic E-state index is 12.9. The van der Waals surface area contributed by atoms with Gasteiger partial charge in [-0.25, -0.2) is 4.79 Å². The van der Waals surface area contributed by atoms with Crippen molar-refractivity contribution in [1.82, 2.24) is 0 Å². The minimum atomic E-state index is -0.996. The number of rotatable bonds is 12. The summed E-state index contributed by atoms with van der Waals surface area (Å²) in [6.45, 7) is 14.2. The standard InChI is InChI=1S/C41H58Cl2O11/c1-22(2)9-8-10-25(38(48)49)36-27-17-28(45)37-39(5)15-14-29(23(3)26(39)13-16-40(37,6)41(27,7)18-31(36)51-24(4)44)53-35-12-11-30(52-34(47)20-43)32(54-35)21-50-33(46)19-42/h9,11-12,23,26-32,35,37,45H,8,10,13-21H2,1-7H3,(H,48,49)/b36-25+/t23-,26-,27-,28?,29+,30-,31-,32+,35?,37?,39-,40-,41-/m0/s1. The Bertz CT molecular complexity index is 1540. The summed E-state index contributed by atoms with van der Waals surface area (Å²) >= 11 is 11.3. The predicted octanol–water partition coefficient (Wildman–Crippen LogP) is 6.90. The Morgan fingerprint density at radius 1 is 0.981 bits per heavy atom. The molecule has 5 rings (SSSR count). The first-order valence-electron chi connectivity index (χ1n) is 19.3. The predicted molar refractivity (Wildman–Crippen MR) is 201 cm³/mol. The van der Waals surface area contributed by atoms with Crippen LogP contribution < -0.4 is 0 Å². The van der Waals surface area contributed by atoms with Crippen LogP contribution >= 0.6 is 23.2 Å². The number of alkyl halides is 2. The van der Waals surface area contributed by atoms with Crippen LogP contribution in [-0.4, -0.2) is 89.3 Å². The van der Waals surface area contributed by atoms with Gasteiger partial charge in [-0.2, -0.15) is 0 Å². The first kappa shape index (κ1) is 42.7. The molecular formula is C41H58Cl2O11. The number of hydrogen-bond acceptors (Lipinski definition) is 10. The van der Waals surface area contributed by atoms with Crippen LogP contribution in [0.25, 0.3) is 0 Å². The number of halogens is 2. The number of aliphatic hydroxyl groups is 1. The zero-order valence-electron chi connectivity index (χ0n) is 32.6. The van der Waals surface area contributed by atoms with E-state index in [9.17, 15) is 29.4 Å². The van der Waals surface area contributed by atoms with Crippen molar-refractivity contribution in [3.05, 3.63) is 34.9 Å². The lowest BCUT2D eigenvalue weighted by atomic mass is 9.36. The number of carboxylic acid groups (broad SMARTS) is 1. The molecule has 4 saturated carbocycles. The highest BCUT2D eigenvalue weighted by atomic mass is 35.5. The van der Waals surface area contributed by atoms with Gasteiger partial charge in [-0.15, -0.1) is 23.2 Å². The minimum Gasteiger partial charge on any atom is -0.478 e. The molecule has 1 heterocycles. The van der Waals surface area contributed by atoms with Gasteiger partial charge < -0.3 is 33.9 Å². The molecule has 0 saturated heterocycles. The summed E-state index contributed by atoms with van der Waals surface area (Å²) in [4.78, 5) is 49.1. The van der Waals surface area contributed by atoms with Crippen LogP contribution in [0.2, 0.25) is 0 Å². The lowest BCUT2D eigenvalue weighted by molar-refractivity contribution is -0.257. The van der Waals surface area contributed by atoms with Gasteiger partial charge in [0.15, 0.2) is 6.29 Å². The summed E-state index contributed by atoms with van der Waals surface area (Å²) in [6.07, 6.45) is 6.51. The summed E-state index contributed by atoms with van der Waals surface area (Å²) in [6, 6.07) is 0. The Morgan fingerprint density at radius 3 is 2.31 bits per heavy atom. The third kappa shape index (κ3) is 8.18. The van der Waals surface area contributed by atoms with Crippen molar-refractivity contribution in [3.63, 3.8) is 0 Å². The van der Waals surface area contributed by atoms with Crippen molar-refractivity contribution in [2.45, 2.75) is 137 Å². The van der Waals surface area contributed by atoms with Gasteiger partial charge in [-0.3, -0.25) is 14.4 Å². The molecule has 0 bridgehead atoms. The summed E-state index contributed by atoms with van der Waals surface area (Å²) in [5.74, 6) is -3.36. The second kappa shape index (κ2) is 17.0. The van der Waals surface area contributed by atoms with E-state index in [1.165, 1.54) is 6.92 Å². The molecule has 13 heteroatoms. The molecule has 3 unspecified atom stereocenters. The first-order valence-corrected chi connectivity index (χ1v) is 20.4. The van der Waals surface area contributed by atoms with E-state index in [1.807, 2.05) is 19.9 Å². The highest BCUT2D eigenvalue weighted by Crippen LogP contribution is 2.74. The van der Waals surface area contributed by atoms with Crippen LogP contribution in [-0.2, 0) is 42.9 Å². The second-order valence-electron chi connectivity index (χ2n) is 17.1. The third-order valence-electron chi connectivity index (χ3n) is 13.9. The van der Waals surface area contributed by atoms with Crippen LogP contribution in [0.5, 0.6) is 0 Å². The van der Waals surface area contributed by atoms with Gasteiger partial charge in [-0.1, -0.05) is 39.3 Å². The van der Waals surface area contributed by atoms with Gasteiger partial charge in [0.2, 0.25) is 0 Å². The summed E-state index contributed by atoms with van der Waals surface area (Å²) in [5.41, 5.74) is 1.06. The van der Waals surface area contributed by atoms with Crippen LogP contribution in [0.1, 0.15) is 99.8 Å². The van der Waals surface area contributed by atoms with Crippen LogP contribution in [0, 0.1) is 39.9 Å². The minimum absolute atomic E-state index is 0.0751. The van der Waals surface area contributed by atoms with Crippen molar-refractivity contribution in [3.8, 4) is 0 Å². The SMILES string of the molecule is CC(=O)O[C@H]1C[C@@]2(C)[C@@H](CC(O)C3[C@]2(C)CC[C@H]2[C@H](C)[C@H](OC4C=C[C@H](OC(=O)CCl)[C@@H](COC(=O)CCl)O4)CC[C@]32C)/C1=C(/CCC=C(C)C)C(=O)O.